The molecule has 0 radical (unpaired) electrons. The molecule has 0 aliphatic rings. The van der Waals surface area contributed by atoms with E-state index >= 15 is 0 Å². The molecular formula is C14H10Cl2N4O2. The summed E-state index contributed by atoms with van der Waals surface area (Å²) in [4.78, 5) is 12.2. The summed E-state index contributed by atoms with van der Waals surface area (Å²) < 4.78 is 10.8. The maximum atomic E-state index is 5.84. The minimum Gasteiger partial charge on any atom is -0.471 e. The molecule has 3 heterocycles. The standard InChI is InChI=1S/C14H10Cl2N4O2/c1-8-10(7-21-13-6-18-12(16)5-19-13)14(20-22-8)11-3-2-9(15)4-17-11/h2-6H,7H2,1H3. The summed E-state index contributed by atoms with van der Waals surface area (Å²) in [7, 11) is 0. The van der Waals surface area contributed by atoms with Crippen molar-refractivity contribution in [2.75, 3.05) is 0 Å². The molecule has 22 heavy (non-hydrogen) atoms. The highest BCUT2D eigenvalue weighted by Crippen LogP contribution is 2.25. The van der Waals surface area contributed by atoms with E-state index in [-0.39, 0.29) is 6.61 Å². The third kappa shape index (κ3) is 3.18. The number of hydrogen-bond acceptors (Lipinski definition) is 6. The van der Waals surface area contributed by atoms with Gasteiger partial charge in [-0.15, -0.1) is 0 Å². The summed E-state index contributed by atoms with van der Waals surface area (Å²) >= 11 is 11.5. The Labute approximate surface area is 136 Å². The van der Waals surface area contributed by atoms with Crippen molar-refractivity contribution in [3.05, 3.63) is 52.2 Å². The number of hydrogen-bond donors (Lipinski definition) is 0. The maximum absolute atomic E-state index is 5.84. The van der Waals surface area contributed by atoms with Gasteiger partial charge < -0.3 is 9.26 Å². The minimum atomic E-state index is 0.227. The highest BCUT2D eigenvalue weighted by Gasteiger charge is 2.16. The van der Waals surface area contributed by atoms with Crippen molar-refractivity contribution in [2.24, 2.45) is 0 Å². The van der Waals surface area contributed by atoms with Crippen LogP contribution < -0.4 is 4.74 Å². The highest BCUT2D eigenvalue weighted by atomic mass is 35.5. The summed E-state index contributed by atoms with van der Waals surface area (Å²) in [5, 5.41) is 4.88. The molecule has 3 aromatic heterocycles. The van der Waals surface area contributed by atoms with Crippen molar-refractivity contribution in [3.8, 4) is 17.3 Å². The predicted molar refractivity (Wildman–Crippen MR) is 80.9 cm³/mol. The molecule has 0 aliphatic heterocycles. The van der Waals surface area contributed by atoms with E-state index in [0.29, 0.717) is 33.2 Å². The molecular weight excluding hydrogens is 327 g/mol. The third-order valence-electron chi connectivity index (χ3n) is 2.92. The Morgan fingerprint density at radius 1 is 1.09 bits per heavy atom. The number of nitrogens with zero attached hydrogens (tertiary/aromatic N) is 4. The number of aryl methyl sites for hydroxylation is 1. The Bertz CT molecular complexity index is 773. The lowest BCUT2D eigenvalue weighted by Crippen LogP contribution is -2.00. The molecule has 0 aromatic carbocycles. The summed E-state index contributed by atoms with van der Waals surface area (Å²) in [6.07, 6.45) is 4.42. The second kappa shape index (κ2) is 6.29. The first-order valence-corrected chi connectivity index (χ1v) is 7.06. The van der Waals surface area contributed by atoms with Crippen molar-refractivity contribution >= 4 is 23.2 Å². The maximum Gasteiger partial charge on any atom is 0.232 e. The van der Waals surface area contributed by atoms with Gasteiger partial charge in [-0.05, 0) is 19.1 Å². The van der Waals surface area contributed by atoms with E-state index in [1.807, 2.05) is 0 Å². The van der Waals surface area contributed by atoms with Crippen LogP contribution in [-0.2, 0) is 6.61 Å². The lowest BCUT2D eigenvalue weighted by atomic mass is 10.1. The quantitative estimate of drug-likeness (QED) is 0.722. The second-order valence-corrected chi connectivity index (χ2v) is 5.22. The summed E-state index contributed by atoms with van der Waals surface area (Å²) in [6.45, 7) is 2.03. The van der Waals surface area contributed by atoms with E-state index in [0.717, 1.165) is 5.56 Å². The molecule has 3 aromatic rings. The Hall–Kier alpha value is -2.18. The van der Waals surface area contributed by atoms with E-state index < -0.39 is 0 Å². The smallest absolute Gasteiger partial charge is 0.232 e. The fourth-order valence-corrected chi connectivity index (χ4v) is 2.01. The lowest BCUT2D eigenvalue weighted by molar-refractivity contribution is 0.289. The lowest BCUT2D eigenvalue weighted by Gasteiger charge is -2.05. The monoisotopic (exact) mass is 336 g/mol. The fourth-order valence-electron chi connectivity index (χ4n) is 1.80. The van der Waals surface area contributed by atoms with Crippen molar-refractivity contribution in [3.63, 3.8) is 0 Å². The van der Waals surface area contributed by atoms with Crippen LogP contribution in [0.3, 0.4) is 0 Å². The van der Waals surface area contributed by atoms with Crippen LogP contribution in [0.5, 0.6) is 5.88 Å². The molecule has 0 aliphatic carbocycles. The summed E-state index contributed by atoms with van der Waals surface area (Å²) in [5.41, 5.74) is 2.05. The summed E-state index contributed by atoms with van der Waals surface area (Å²) in [6, 6.07) is 3.51. The van der Waals surface area contributed by atoms with Gasteiger partial charge in [0.25, 0.3) is 0 Å². The first-order valence-electron chi connectivity index (χ1n) is 6.31. The predicted octanol–water partition coefficient (Wildman–Crippen LogP) is 3.72. The molecule has 0 N–H and O–H groups in total. The Morgan fingerprint density at radius 2 is 1.95 bits per heavy atom. The van der Waals surface area contributed by atoms with Crippen LogP contribution in [0.2, 0.25) is 10.2 Å². The van der Waals surface area contributed by atoms with Crippen molar-refractivity contribution in [1.29, 1.82) is 0 Å². The molecule has 8 heteroatoms. The number of halogens is 2. The van der Waals surface area contributed by atoms with Crippen LogP contribution in [0.1, 0.15) is 11.3 Å². The van der Waals surface area contributed by atoms with E-state index in [1.165, 1.54) is 12.4 Å². The highest BCUT2D eigenvalue weighted by molar-refractivity contribution is 6.30. The Morgan fingerprint density at radius 3 is 2.64 bits per heavy atom. The second-order valence-electron chi connectivity index (χ2n) is 4.39. The average Bonchev–Trinajstić information content (AvgIpc) is 2.89. The molecule has 0 amide bonds. The molecule has 0 spiro atoms. The van der Waals surface area contributed by atoms with Crippen LogP contribution in [0.4, 0.5) is 0 Å². The molecule has 0 fully saturated rings. The normalized spacial score (nSPS) is 10.7. The van der Waals surface area contributed by atoms with Crippen LogP contribution in [0.25, 0.3) is 11.4 Å². The molecule has 6 nitrogen and oxygen atoms in total. The van der Waals surface area contributed by atoms with E-state index in [9.17, 15) is 0 Å². The van der Waals surface area contributed by atoms with Gasteiger partial charge in [-0.25, -0.2) is 9.97 Å². The van der Waals surface area contributed by atoms with Gasteiger partial charge in [0.2, 0.25) is 5.88 Å². The van der Waals surface area contributed by atoms with Crippen molar-refractivity contribution in [2.45, 2.75) is 13.5 Å². The molecule has 0 bridgehead atoms. The average molecular weight is 337 g/mol. The molecule has 0 saturated heterocycles. The van der Waals surface area contributed by atoms with Crippen molar-refractivity contribution < 1.29 is 9.26 Å². The zero-order chi connectivity index (χ0) is 15.5. The zero-order valence-corrected chi connectivity index (χ0v) is 13.0. The summed E-state index contributed by atoms with van der Waals surface area (Å²) in [5.74, 6) is 1.01. The van der Waals surface area contributed by atoms with Gasteiger partial charge in [-0.1, -0.05) is 28.4 Å². The van der Waals surface area contributed by atoms with Crippen LogP contribution >= 0.6 is 23.2 Å². The molecule has 112 valence electrons. The van der Waals surface area contributed by atoms with Crippen molar-refractivity contribution in [1.82, 2.24) is 20.1 Å². The van der Waals surface area contributed by atoms with Crippen LogP contribution in [0, 0.1) is 6.92 Å². The van der Waals surface area contributed by atoms with Gasteiger partial charge in [0.05, 0.1) is 28.7 Å². The van der Waals surface area contributed by atoms with Crippen LogP contribution in [0.15, 0.2) is 35.2 Å². The number of aromatic nitrogens is 4. The zero-order valence-electron chi connectivity index (χ0n) is 11.5. The van der Waals surface area contributed by atoms with E-state index in [4.69, 9.17) is 32.5 Å². The topological polar surface area (TPSA) is 73.9 Å². The van der Waals surface area contributed by atoms with Crippen LogP contribution in [-0.4, -0.2) is 20.1 Å². The first kappa shape index (κ1) is 14.7. The Kier molecular flexibility index (Phi) is 4.22. The SMILES string of the molecule is Cc1onc(-c2ccc(Cl)cn2)c1COc1cnc(Cl)cn1. The Balaban J connectivity index is 1.83. The third-order valence-corrected chi connectivity index (χ3v) is 3.33. The molecule has 0 saturated carbocycles. The number of pyridine rings is 1. The number of ether oxygens (including phenoxy) is 1. The van der Waals surface area contributed by atoms with Gasteiger partial charge in [0.15, 0.2) is 0 Å². The van der Waals surface area contributed by atoms with Gasteiger partial charge in [-0.3, -0.25) is 4.98 Å². The van der Waals surface area contributed by atoms with E-state index in [2.05, 4.69) is 20.1 Å². The van der Waals surface area contributed by atoms with E-state index in [1.54, 1.807) is 25.3 Å². The first-order chi connectivity index (χ1) is 10.6. The fraction of sp³-hybridized carbons (Fsp3) is 0.143. The largest absolute Gasteiger partial charge is 0.471 e. The number of rotatable bonds is 4. The molecule has 0 unspecified atom stereocenters. The van der Waals surface area contributed by atoms with Gasteiger partial charge >= 0.3 is 0 Å². The van der Waals surface area contributed by atoms with Gasteiger partial charge in [0.1, 0.15) is 23.2 Å². The van der Waals surface area contributed by atoms with Gasteiger partial charge in [0, 0.05) is 6.20 Å². The molecule has 0 atom stereocenters. The minimum absolute atomic E-state index is 0.227. The molecule has 3 rings (SSSR count). The van der Waals surface area contributed by atoms with Gasteiger partial charge in [-0.2, -0.15) is 0 Å².